The summed E-state index contributed by atoms with van der Waals surface area (Å²) in [6, 6.07) is 0. The highest BCUT2D eigenvalue weighted by atomic mass is 16.2. The molecule has 13 heavy (non-hydrogen) atoms. The molecule has 2 aromatic rings. The van der Waals surface area contributed by atoms with Crippen molar-refractivity contribution in [1.82, 2.24) is 19.6 Å². The van der Waals surface area contributed by atoms with Crippen molar-refractivity contribution in [3.05, 3.63) is 18.1 Å². The molecular weight excluding hydrogens is 172 g/mol. The number of hydrogen-bond donors (Lipinski definition) is 0. The summed E-state index contributed by atoms with van der Waals surface area (Å²) in [6.45, 7) is 0. The van der Waals surface area contributed by atoms with Crippen LogP contribution in [0.5, 0.6) is 0 Å². The molecule has 0 bridgehead atoms. The number of carbonyl (C=O) groups is 1. The molecule has 1 aliphatic heterocycles. The zero-order chi connectivity index (χ0) is 8.84. The lowest BCUT2D eigenvalue weighted by Crippen LogP contribution is -1.95. The molecule has 0 radical (unpaired) electrons. The first-order valence-electron chi connectivity index (χ1n) is 3.51. The lowest BCUT2D eigenvalue weighted by atomic mass is 10.3. The Morgan fingerprint density at radius 2 is 2.23 bits per heavy atom. The molecular formula is C6H2N6O. The summed E-state index contributed by atoms with van der Waals surface area (Å²) >= 11 is 0. The van der Waals surface area contributed by atoms with Gasteiger partial charge < -0.3 is 0 Å². The molecule has 0 unspecified atom stereocenters. The second-order valence-electron chi connectivity index (χ2n) is 2.50. The standard InChI is InChI=1S/C6H2N6O/c13-5-3-1-7-6-11-8-2-12(6)4(3)9-10-5/h1-2H. The normalized spacial score (nSPS) is 14.0. The van der Waals surface area contributed by atoms with Crippen molar-refractivity contribution in [2.75, 3.05) is 0 Å². The van der Waals surface area contributed by atoms with E-state index in [9.17, 15) is 4.79 Å². The summed E-state index contributed by atoms with van der Waals surface area (Å²) in [5.74, 6) is 0.477. The van der Waals surface area contributed by atoms with Crippen LogP contribution in [0.2, 0.25) is 0 Å². The van der Waals surface area contributed by atoms with Crippen LogP contribution in [0.25, 0.3) is 5.78 Å². The molecule has 1 aliphatic rings. The quantitative estimate of drug-likeness (QED) is 0.577. The van der Waals surface area contributed by atoms with Gasteiger partial charge >= 0.3 is 5.91 Å². The van der Waals surface area contributed by atoms with E-state index in [0.717, 1.165) is 0 Å². The Kier molecular flexibility index (Phi) is 0.950. The zero-order valence-electron chi connectivity index (χ0n) is 6.25. The third-order valence-electron chi connectivity index (χ3n) is 1.77. The molecule has 0 spiro atoms. The minimum atomic E-state index is -0.377. The average molecular weight is 174 g/mol. The van der Waals surface area contributed by atoms with Crippen LogP contribution in [-0.4, -0.2) is 25.5 Å². The largest absolute Gasteiger partial charge is 0.300 e. The van der Waals surface area contributed by atoms with E-state index in [2.05, 4.69) is 25.4 Å². The monoisotopic (exact) mass is 174 g/mol. The van der Waals surface area contributed by atoms with E-state index >= 15 is 0 Å². The number of aromatic nitrogens is 4. The Morgan fingerprint density at radius 1 is 1.31 bits per heavy atom. The number of nitrogens with zero attached hydrogens (tertiary/aromatic N) is 6. The predicted molar refractivity (Wildman–Crippen MR) is 39.6 cm³/mol. The second-order valence-corrected chi connectivity index (χ2v) is 2.50. The van der Waals surface area contributed by atoms with Crippen molar-refractivity contribution in [1.29, 1.82) is 0 Å². The van der Waals surface area contributed by atoms with Crippen LogP contribution in [0, 0.1) is 0 Å². The second kappa shape index (κ2) is 1.94. The molecule has 0 aromatic carbocycles. The highest BCUT2D eigenvalue weighted by Crippen LogP contribution is 2.25. The summed E-state index contributed by atoms with van der Waals surface area (Å²) in [4.78, 5) is 15.0. The number of carbonyl (C=O) groups excluding carboxylic acids is 1. The number of fused-ring (bicyclic) bond motifs is 3. The van der Waals surface area contributed by atoms with Crippen LogP contribution < -0.4 is 0 Å². The fourth-order valence-electron chi connectivity index (χ4n) is 1.18. The minimum Gasteiger partial charge on any atom is -0.265 e. The van der Waals surface area contributed by atoms with Crippen molar-refractivity contribution in [3.8, 4) is 0 Å². The van der Waals surface area contributed by atoms with Crippen molar-refractivity contribution in [3.63, 3.8) is 0 Å². The van der Waals surface area contributed by atoms with E-state index in [1.54, 1.807) is 0 Å². The van der Waals surface area contributed by atoms with Crippen molar-refractivity contribution < 1.29 is 4.79 Å². The van der Waals surface area contributed by atoms with Crippen LogP contribution >= 0.6 is 0 Å². The average Bonchev–Trinajstić information content (AvgIpc) is 2.70. The molecule has 62 valence electrons. The first-order chi connectivity index (χ1) is 6.36. The highest BCUT2D eigenvalue weighted by molar-refractivity contribution is 6.00. The fourth-order valence-corrected chi connectivity index (χ4v) is 1.18. The van der Waals surface area contributed by atoms with E-state index in [0.29, 0.717) is 17.2 Å². The van der Waals surface area contributed by atoms with Gasteiger partial charge in [-0.25, -0.2) is 9.38 Å². The molecule has 0 saturated heterocycles. The van der Waals surface area contributed by atoms with Gasteiger partial charge in [0.2, 0.25) is 0 Å². The molecule has 7 heteroatoms. The summed E-state index contributed by atoms with van der Waals surface area (Å²) in [5, 5.41) is 14.5. The SMILES string of the molecule is O=C1N=Nc2c1cnc1nncn21. The maximum Gasteiger partial charge on any atom is 0.300 e. The fraction of sp³-hybridized carbons (Fsp3) is 0. The number of amides is 1. The molecule has 0 atom stereocenters. The van der Waals surface area contributed by atoms with Gasteiger partial charge in [0, 0.05) is 6.20 Å². The highest BCUT2D eigenvalue weighted by Gasteiger charge is 2.20. The van der Waals surface area contributed by atoms with Gasteiger partial charge in [-0.15, -0.1) is 20.4 Å². The van der Waals surface area contributed by atoms with Crippen LogP contribution in [0.1, 0.15) is 10.4 Å². The number of azo groups is 1. The van der Waals surface area contributed by atoms with Crippen molar-refractivity contribution >= 4 is 17.5 Å². The molecule has 0 fully saturated rings. The van der Waals surface area contributed by atoms with E-state index in [-0.39, 0.29) is 5.91 Å². The van der Waals surface area contributed by atoms with E-state index in [4.69, 9.17) is 0 Å². The molecule has 0 N–H and O–H groups in total. The molecule has 7 nitrogen and oxygen atoms in total. The summed E-state index contributed by atoms with van der Waals surface area (Å²) in [5.41, 5.74) is 0.382. The minimum absolute atomic E-state index is 0.377. The molecule has 3 rings (SSSR count). The summed E-state index contributed by atoms with van der Waals surface area (Å²) < 4.78 is 1.52. The van der Waals surface area contributed by atoms with Crippen LogP contribution in [-0.2, 0) is 0 Å². The maximum absolute atomic E-state index is 11.1. The van der Waals surface area contributed by atoms with Crippen LogP contribution in [0.3, 0.4) is 0 Å². The molecule has 2 aromatic heterocycles. The lowest BCUT2D eigenvalue weighted by Gasteiger charge is -1.94. The maximum atomic E-state index is 11.1. The van der Waals surface area contributed by atoms with Gasteiger partial charge in [-0.1, -0.05) is 0 Å². The van der Waals surface area contributed by atoms with Gasteiger partial charge in [0.25, 0.3) is 5.78 Å². The Morgan fingerprint density at radius 3 is 3.15 bits per heavy atom. The Hall–Kier alpha value is -2.18. The van der Waals surface area contributed by atoms with Crippen LogP contribution in [0.15, 0.2) is 22.8 Å². The first kappa shape index (κ1) is 6.35. The predicted octanol–water partition coefficient (Wildman–Crippen LogP) is 0.362. The van der Waals surface area contributed by atoms with Crippen molar-refractivity contribution in [2.45, 2.75) is 0 Å². The molecule has 3 heterocycles. The van der Waals surface area contributed by atoms with E-state index in [1.165, 1.54) is 16.9 Å². The topological polar surface area (TPSA) is 84.9 Å². The first-order valence-corrected chi connectivity index (χ1v) is 3.51. The third kappa shape index (κ3) is 0.675. The Bertz CT molecular complexity index is 541. The van der Waals surface area contributed by atoms with Gasteiger partial charge in [-0.3, -0.25) is 4.79 Å². The van der Waals surface area contributed by atoms with Gasteiger partial charge in [-0.05, 0) is 0 Å². The Balaban J connectivity index is 2.52. The molecule has 1 amide bonds. The smallest absolute Gasteiger partial charge is 0.265 e. The van der Waals surface area contributed by atoms with E-state index < -0.39 is 0 Å². The Labute approximate surface area is 71.1 Å². The van der Waals surface area contributed by atoms with Gasteiger partial charge in [0.1, 0.15) is 11.9 Å². The molecule has 0 aliphatic carbocycles. The third-order valence-corrected chi connectivity index (χ3v) is 1.77. The summed E-state index contributed by atoms with van der Waals surface area (Å²) in [7, 11) is 0. The number of rotatable bonds is 0. The van der Waals surface area contributed by atoms with E-state index in [1.807, 2.05) is 0 Å². The number of hydrogen-bond acceptors (Lipinski definition) is 5. The van der Waals surface area contributed by atoms with Crippen LogP contribution in [0.4, 0.5) is 5.82 Å². The van der Waals surface area contributed by atoms with Crippen molar-refractivity contribution in [2.24, 2.45) is 10.2 Å². The van der Waals surface area contributed by atoms with Gasteiger partial charge in [0.05, 0.1) is 0 Å². The summed E-state index contributed by atoms with van der Waals surface area (Å²) in [6.07, 6.45) is 2.85. The lowest BCUT2D eigenvalue weighted by molar-refractivity contribution is 0.100. The van der Waals surface area contributed by atoms with Gasteiger partial charge in [0.15, 0.2) is 5.82 Å². The van der Waals surface area contributed by atoms with Gasteiger partial charge in [-0.2, -0.15) is 0 Å². The zero-order valence-corrected chi connectivity index (χ0v) is 6.25. The molecule has 0 saturated carbocycles.